The molecule has 0 amide bonds. The van der Waals surface area contributed by atoms with Gasteiger partial charge in [-0.2, -0.15) is 0 Å². The number of aliphatic hydroxyl groups is 2. The zero-order valence-corrected chi connectivity index (χ0v) is 7.94. The van der Waals surface area contributed by atoms with Crippen LogP contribution in [0.4, 0.5) is 0 Å². The number of carbonyl (C=O) groups excluding carboxylic acids is 2. The number of ether oxygens (including phenoxy) is 2. The van der Waals surface area contributed by atoms with Crippen molar-refractivity contribution in [3.63, 3.8) is 0 Å². The second-order valence-corrected chi connectivity index (χ2v) is 2.14. The van der Waals surface area contributed by atoms with Crippen LogP contribution in [-0.2, 0) is 19.1 Å². The highest BCUT2D eigenvalue weighted by molar-refractivity contribution is 5.96. The summed E-state index contributed by atoms with van der Waals surface area (Å²) in [5, 5.41) is 17.9. The molecule has 6 heteroatoms. The SMILES string of the molecule is CCOC(=O)/C(O)=C(\O)C(=O)OCC. The molecule has 0 aromatic heterocycles. The Balaban J connectivity index is 4.57. The van der Waals surface area contributed by atoms with Gasteiger partial charge in [-0.05, 0) is 13.8 Å². The van der Waals surface area contributed by atoms with Gasteiger partial charge < -0.3 is 19.7 Å². The highest BCUT2D eigenvalue weighted by Gasteiger charge is 2.21. The van der Waals surface area contributed by atoms with Gasteiger partial charge in [0.1, 0.15) is 0 Å². The molecule has 0 unspecified atom stereocenters. The van der Waals surface area contributed by atoms with Crippen LogP contribution in [0.25, 0.3) is 0 Å². The van der Waals surface area contributed by atoms with E-state index < -0.39 is 23.5 Å². The van der Waals surface area contributed by atoms with Crippen LogP contribution in [0.15, 0.2) is 11.5 Å². The Morgan fingerprint density at radius 2 is 1.21 bits per heavy atom. The zero-order valence-electron chi connectivity index (χ0n) is 7.94. The smallest absolute Gasteiger partial charge is 0.377 e. The summed E-state index contributed by atoms with van der Waals surface area (Å²) in [7, 11) is 0. The first kappa shape index (κ1) is 12.3. The topological polar surface area (TPSA) is 93.1 Å². The van der Waals surface area contributed by atoms with Crippen LogP contribution in [0, 0.1) is 0 Å². The molecular weight excluding hydrogens is 192 g/mol. The monoisotopic (exact) mass is 204 g/mol. The molecule has 0 radical (unpaired) electrons. The van der Waals surface area contributed by atoms with E-state index in [1.165, 1.54) is 13.8 Å². The Bertz CT molecular complexity index is 229. The predicted octanol–water partition coefficient (Wildman–Crippen LogP) is 0.440. The van der Waals surface area contributed by atoms with Gasteiger partial charge in [0.25, 0.3) is 11.5 Å². The second-order valence-electron chi connectivity index (χ2n) is 2.14. The normalized spacial score (nSPS) is 11.6. The Labute approximate surface area is 80.7 Å². The van der Waals surface area contributed by atoms with Crippen LogP contribution in [0.2, 0.25) is 0 Å². The summed E-state index contributed by atoms with van der Waals surface area (Å²) >= 11 is 0. The van der Waals surface area contributed by atoms with Crippen LogP contribution in [0.3, 0.4) is 0 Å². The van der Waals surface area contributed by atoms with Gasteiger partial charge in [-0.3, -0.25) is 0 Å². The van der Waals surface area contributed by atoms with Crippen molar-refractivity contribution in [3.8, 4) is 0 Å². The first-order valence-electron chi connectivity index (χ1n) is 4.01. The summed E-state index contributed by atoms with van der Waals surface area (Å²) in [4.78, 5) is 21.6. The van der Waals surface area contributed by atoms with Gasteiger partial charge in [0.15, 0.2) is 0 Å². The molecule has 0 spiro atoms. The largest absolute Gasteiger partial charge is 0.499 e. The molecule has 0 fully saturated rings. The van der Waals surface area contributed by atoms with Gasteiger partial charge in [-0.1, -0.05) is 0 Å². The summed E-state index contributed by atoms with van der Waals surface area (Å²) in [5.41, 5.74) is 0. The molecule has 0 aromatic rings. The third-order valence-corrected chi connectivity index (χ3v) is 1.16. The van der Waals surface area contributed by atoms with E-state index in [4.69, 9.17) is 10.2 Å². The van der Waals surface area contributed by atoms with Crippen molar-refractivity contribution >= 4 is 11.9 Å². The maximum absolute atomic E-state index is 10.8. The molecule has 0 saturated carbocycles. The fourth-order valence-corrected chi connectivity index (χ4v) is 0.592. The second kappa shape index (κ2) is 5.85. The van der Waals surface area contributed by atoms with E-state index in [1.54, 1.807) is 0 Å². The number of rotatable bonds is 4. The predicted molar refractivity (Wildman–Crippen MR) is 45.5 cm³/mol. The van der Waals surface area contributed by atoms with E-state index in [9.17, 15) is 9.59 Å². The quantitative estimate of drug-likeness (QED) is 0.392. The Morgan fingerprint density at radius 3 is 1.43 bits per heavy atom. The average Bonchev–Trinajstić information content (AvgIpc) is 2.16. The van der Waals surface area contributed by atoms with Gasteiger partial charge in [-0.15, -0.1) is 0 Å². The number of hydrogen-bond donors (Lipinski definition) is 2. The molecule has 0 saturated heterocycles. The maximum Gasteiger partial charge on any atom is 0.377 e. The van der Waals surface area contributed by atoms with E-state index in [1.807, 2.05) is 0 Å². The van der Waals surface area contributed by atoms with Gasteiger partial charge >= 0.3 is 11.9 Å². The molecule has 0 aliphatic carbocycles. The molecule has 0 heterocycles. The Hall–Kier alpha value is -1.72. The summed E-state index contributed by atoms with van der Waals surface area (Å²) in [5.74, 6) is -4.63. The van der Waals surface area contributed by atoms with Crippen molar-refractivity contribution in [2.75, 3.05) is 13.2 Å². The molecular formula is C8H12O6. The summed E-state index contributed by atoms with van der Waals surface area (Å²) < 4.78 is 8.68. The van der Waals surface area contributed by atoms with Crippen molar-refractivity contribution in [2.45, 2.75) is 13.8 Å². The molecule has 0 aromatic carbocycles. The molecule has 0 bridgehead atoms. The number of aliphatic hydroxyl groups excluding tert-OH is 2. The van der Waals surface area contributed by atoms with Crippen molar-refractivity contribution in [1.29, 1.82) is 0 Å². The molecule has 2 N–H and O–H groups in total. The third-order valence-electron chi connectivity index (χ3n) is 1.16. The average molecular weight is 204 g/mol. The fourth-order valence-electron chi connectivity index (χ4n) is 0.592. The summed E-state index contributed by atoms with van der Waals surface area (Å²) in [6, 6.07) is 0. The molecule has 0 aliphatic heterocycles. The van der Waals surface area contributed by atoms with E-state index in [0.29, 0.717) is 0 Å². The van der Waals surface area contributed by atoms with E-state index in [2.05, 4.69) is 9.47 Å². The van der Waals surface area contributed by atoms with Crippen molar-refractivity contribution in [3.05, 3.63) is 11.5 Å². The van der Waals surface area contributed by atoms with Crippen LogP contribution in [0.1, 0.15) is 13.8 Å². The first-order valence-corrected chi connectivity index (χ1v) is 4.01. The van der Waals surface area contributed by atoms with Crippen molar-refractivity contribution in [2.24, 2.45) is 0 Å². The molecule has 6 nitrogen and oxygen atoms in total. The molecule has 0 aliphatic rings. The highest BCUT2D eigenvalue weighted by Crippen LogP contribution is 2.02. The van der Waals surface area contributed by atoms with Crippen molar-refractivity contribution < 1.29 is 29.3 Å². The van der Waals surface area contributed by atoms with E-state index in [-0.39, 0.29) is 13.2 Å². The third kappa shape index (κ3) is 3.34. The molecule has 14 heavy (non-hydrogen) atoms. The van der Waals surface area contributed by atoms with Gasteiger partial charge in [-0.25, -0.2) is 9.59 Å². The fraction of sp³-hybridized carbons (Fsp3) is 0.500. The first-order chi connectivity index (χ1) is 6.54. The minimum Gasteiger partial charge on any atom is -0.499 e. The Kier molecular flexibility index (Phi) is 5.13. The summed E-state index contributed by atoms with van der Waals surface area (Å²) in [6.45, 7) is 3.09. The lowest BCUT2D eigenvalue weighted by atomic mass is 10.4. The van der Waals surface area contributed by atoms with Gasteiger partial charge in [0, 0.05) is 0 Å². The highest BCUT2D eigenvalue weighted by atomic mass is 16.6. The van der Waals surface area contributed by atoms with E-state index >= 15 is 0 Å². The van der Waals surface area contributed by atoms with Crippen LogP contribution in [-0.4, -0.2) is 35.4 Å². The zero-order chi connectivity index (χ0) is 11.1. The standard InChI is InChI=1S/C8H12O6/c1-3-13-7(11)5(9)6(10)8(12)14-4-2/h9-10H,3-4H2,1-2H3/b6-5+. The molecule has 80 valence electrons. The van der Waals surface area contributed by atoms with Crippen molar-refractivity contribution in [1.82, 2.24) is 0 Å². The number of carbonyl (C=O) groups is 2. The lowest BCUT2D eigenvalue weighted by molar-refractivity contribution is -0.146. The number of hydrogen-bond acceptors (Lipinski definition) is 6. The van der Waals surface area contributed by atoms with Crippen LogP contribution < -0.4 is 0 Å². The minimum atomic E-state index is -1.17. The van der Waals surface area contributed by atoms with Gasteiger partial charge in [0.2, 0.25) is 0 Å². The summed E-state index contributed by atoms with van der Waals surface area (Å²) in [6.07, 6.45) is 0. The van der Waals surface area contributed by atoms with E-state index in [0.717, 1.165) is 0 Å². The number of esters is 2. The van der Waals surface area contributed by atoms with Crippen LogP contribution in [0.5, 0.6) is 0 Å². The lowest BCUT2D eigenvalue weighted by Crippen LogP contribution is -2.16. The van der Waals surface area contributed by atoms with Crippen LogP contribution >= 0.6 is 0 Å². The van der Waals surface area contributed by atoms with Gasteiger partial charge in [0.05, 0.1) is 13.2 Å². The maximum atomic E-state index is 10.8. The molecule has 0 atom stereocenters. The Morgan fingerprint density at radius 1 is 0.929 bits per heavy atom. The minimum absolute atomic E-state index is 0.0268. The lowest BCUT2D eigenvalue weighted by Gasteiger charge is -2.03. The molecule has 0 rings (SSSR count).